The minimum absolute atomic E-state index is 0.523. The predicted molar refractivity (Wildman–Crippen MR) is 93.6 cm³/mol. The average molecular weight is 342 g/mol. The zero-order chi connectivity index (χ0) is 16.9. The van der Waals surface area contributed by atoms with Crippen LogP contribution in [-0.2, 0) is 5.75 Å². The second kappa shape index (κ2) is 7.40. The molecule has 0 atom stereocenters. The highest BCUT2D eigenvalue weighted by Gasteiger charge is 2.11. The molecule has 0 radical (unpaired) electrons. The van der Waals surface area contributed by atoms with Gasteiger partial charge in [-0.1, -0.05) is 29.5 Å². The Morgan fingerprint density at radius 1 is 1.00 bits per heavy atom. The highest BCUT2D eigenvalue weighted by atomic mass is 32.2. The number of methoxy groups -OCH3 is 2. The third-order valence-corrected chi connectivity index (χ3v) is 4.41. The molecule has 1 aromatic heterocycles. The van der Waals surface area contributed by atoms with Crippen LogP contribution in [0.2, 0.25) is 0 Å². The standard InChI is InChI=1S/C18H18N2O3S/c1-12-4-6-13(7-5-12)17-19-20-18(23-17)24-11-14-10-15(21-2)8-9-16(14)22-3/h4-10H,11H2,1-3H3. The van der Waals surface area contributed by atoms with E-state index in [2.05, 4.69) is 10.2 Å². The Balaban J connectivity index is 1.73. The highest BCUT2D eigenvalue weighted by molar-refractivity contribution is 7.98. The first-order chi connectivity index (χ1) is 11.7. The van der Waals surface area contributed by atoms with Crippen molar-refractivity contribution in [1.82, 2.24) is 10.2 Å². The van der Waals surface area contributed by atoms with Crippen molar-refractivity contribution in [2.75, 3.05) is 14.2 Å². The SMILES string of the molecule is COc1ccc(OC)c(CSc2nnc(-c3ccc(C)cc3)o2)c1. The summed E-state index contributed by atoms with van der Waals surface area (Å²) in [6.45, 7) is 2.04. The number of nitrogens with zero attached hydrogens (tertiary/aromatic N) is 2. The molecule has 3 rings (SSSR count). The van der Waals surface area contributed by atoms with Gasteiger partial charge in [0.1, 0.15) is 11.5 Å². The Morgan fingerprint density at radius 2 is 1.79 bits per heavy atom. The molecule has 0 spiro atoms. The van der Waals surface area contributed by atoms with Crippen LogP contribution >= 0.6 is 11.8 Å². The van der Waals surface area contributed by atoms with Crippen LogP contribution in [0.5, 0.6) is 11.5 Å². The van der Waals surface area contributed by atoms with Gasteiger partial charge in [0.25, 0.3) is 5.22 Å². The number of aryl methyl sites for hydroxylation is 1. The summed E-state index contributed by atoms with van der Waals surface area (Å²) >= 11 is 1.47. The first-order valence-electron chi connectivity index (χ1n) is 7.44. The summed E-state index contributed by atoms with van der Waals surface area (Å²) in [5.74, 6) is 2.77. The van der Waals surface area contributed by atoms with Crippen molar-refractivity contribution in [3.63, 3.8) is 0 Å². The van der Waals surface area contributed by atoms with Crippen LogP contribution in [0.4, 0.5) is 0 Å². The number of thioether (sulfide) groups is 1. The number of rotatable bonds is 6. The molecular weight excluding hydrogens is 324 g/mol. The zero-order valence-electron chi connectivity index (χ0n) is 13.8. The van der Waals surface area contributed by atoms with Gasteiger partial charge in [-0.05, 0) is 37.3 Å². The number of aromatic nitrogens is 2. The summed E-state index contributed by atoms with van der Waals surface area (Å²) in [6, 6.07) is 13.7. The topological polar surface area (TPSA) is 57.4 Å². The van der Waals surface area contributed by atoms with Gasteiger partial charge in [-0.25, -0.2) is 0 Å². The molecule has 0 N–H and O–H groups in total. The van der Waals surface area contributed by atoms with E-state index in [1.165, 1.54) is 17.3 Å². The minimum Gasteiger partial charge on any atom is -0.497 e. The Bertz CT molecular complexity index is 815. The zero-order valence-corrected chi connectivity index (χ0v) is 14.6. The molecule has 0 fully saturated rings. The first kappa shape index (κ1) is 16.4. The largest absolute Gasteiger partial charge is 0.497 e. The van der Waals surface area contributed by atoms with E-state index < -0.39 is 0 Å². The van der Waals surface area contributed by atoms with Gasteiger partial charge in [-0.2, -0.15) is 0 Å². The van der Waals surface area contributed by atoms with Crippen LogP contribution in [0.1, 0.15) is 11.1 Å². The van der Waals surface area contributed by atoms with Crippen LogP contribution in [0, 0.1) is 6.92 Å². The van der Waals surface area contributed by atoms with Gasteiger partial charge in [0.15, 0.2) is 0 Å². The fourth-order valence-electron chi connectivity index (χ4n) is 2.22. The lowest BCUT2D eigenvalue weighted by Crippen LogP contribution is -1.92. The van der Waals surface area contributed by atoms with Gasteiger partial charge in [0.05, 0.1) is 14.2 Å². The number of ether oxygens (including phenoxy) is 2. The molecule has 1 heterocycles. The molecular formula is C18H18N2O3S. The third kappa shape index (κ3) is 3.71. The van der Waals surface area contributed by atoms with E-state index >= 15 is 0 Å². The molecule has 0 bridgehead atoms. The molecule has 0 aliphatic heterocycles. The average Bonchev–Trinajstić information content (AvgIpc) is 3.09. The van der Waals surface area contributed by atoms with Crippen LogP contribution in [0.25, 0.3) is 11.5 Å². The smallest absolute Gasteiger partial charge is 0.277 e. The van der Waals surface area contributed by atoms with E-state index in [0.29, 0.717) is 16.9 Å². The summed E-state index contributed by atoms with van der Waals surface area (Å²) in [5, 5.41) is 8.74. The van der Waals surface area contributed by atoms with Crippen molar-refractivity contribution in [2.45, 2.75) is 17.9 Å². The van der Waals surface area contributed by atoms with Crippen molar-refractivity contribution in [3.05, 3.63) is 53.6 Å². The van der Waals surface area contributed by atoms with Gasteiger partial charge in [0, 0.05) is 16.9 Å². The Morgan fingerprint density at radius 3 is 2.50 bits per heavy atom. The molecule has 0 saturated heterocycles. The van der Waals surface area contributed by atoms with Crippen LogP contribution < -0.4 is 9.47 Å². The molecule has 0 aliphatic rings. The lowest BCUT2D eigenvalue weighted by molar-refractivity contribution is 0.400. The molecule has 2 aromatic carbocycles. The number of hydrogen-bond acceptors (Lipinski definition) is 6. The highest BCUT2D eigenvalue weighted by Crippen LogP contribution is 2.31. The van der Waals surface area contributed by atoms with Gasteiger partial charge >= 0.3 is 0 Å². The molecule has 3 aromatic rings. The van der Waals surface area contributed by atoms with Gasteiger partial charge in [0.2, 0.25) is 5.89 Å². The lowest BCUT2D eigenvalue weighted by atomic mass is 10.1. The van der Waals surface area contributed by atoms with E-state index in [1.807, 2.05) is 49.4 Å². The third-order valence-electron chi connectivity index (χ3n) is 3.54. The van der Waals surface area contributed by atoms with Crippen LogP contribution in [0.3, 0.4) is 0 Å². The number of hydrogen-bond donors (Lipinski definition) is 0. The fourth-order valence-corrected chi connectivity index (χ4v) is 2.96. The maximum Gasteiger partial charge on any atom is 0.277 e. The molecule has 124 valence electrons. The maximum atomic E-state index is 5.73. The van der Waals surface area contributed by atoms with Crippen LogP contribution in [0.15, 0.2) is 52.1 Å². The van der Waals surface area contributed by atoms with Crippen molar-refractivity contribution in [3.8, 4) is 23.0 Å². The minimum atomic E-state index is 0.523. The van der Waals surface area contributed by atoms with Gasteiger partial charge < -0.3 is 13.9 Å². The van der Waals surface area contributed by atoms with Crippen molar-refractivity contribution in [1.29, 1.82) is 0 Å². The quantitative estimate of drug-likeness (QED) is 0.621. The Labute approximate surface area is 145 Å². The summed E-state index contributed by atoms with van der Waals surface area (Å²) in [5.41, 5.74) is 3.12. The van der Waals surface area contributed by atoms with E-state index in [-0.39, 0.29) is 0 Å². The monoisotopic (exact) mass is 342 g/mol. The summed E-state index contributed by atoms with van der Waals surface area (Å²) in [4.78, 5) is 0. The van der Waals surface area contributed by atoms with Gasteiger partial charge in [-0.3, -0.25) is 0 Å². The van der Waals surface area contributed by atoms with Gasteiger partial charge in [-0.15, -0.1) is 10.2 Å². The summed E-state index contributed by atoms with van der Waals surface area (Å²) in [6.07, 6.45) is 0. The van der Waals surface area contributed by atoms with Crippen LogP contribution in [-0.4, -0.2) is 24.4 Å². The Hall–Kier alpha value is -2.47. The number of benzene rings is 2. The molecule has 24 heavy (non-hydrogen) atoms. The van der Waals surface area contributed by atoms with E-state index in [1.54, 1.807) is 14.2 Å². The second-order valence-corrected chi connectivity index (χ2v) is 6.13. The molecule has 0 unspecified atom stereocenters. The normalized spacial score (nSPS) is 10.6. The Kier molecular flexibility index (Phi) is 5.05. The summed E-state index contributed by atoms with van der Waals surface area (Å²) < 4.78 is 16.4. The molecule has 0 amide bonds. The first-order valence-corrected chi connectivity index (χ1v) is 8.42. The van der Waals surface area contributed by atoms with E-state index in [4.69, 9.17) is 13.9 Å². The van der Waals surface area contributed by atoms with E-state index in [9.17, 15) is 0 Å². The lowest BCUT2D eigenvalue weighted by Gasteiger charge is -2.09. The van der Waals surface area contributed by atoms with Crippen molar-refractivity contribution < 1.29 is 13.9 Å². The molecule has 5 nitrogen and oxygen atoms in total. The molecule has 6 heteroatoms. The second-order valence-electron chi connectivity index (χ2n) is 5.21. The fraction of sp³-hybridized carbons (Fsp3) is 0.222. The summed E-state index contributed by atoms with van der Waals surface area (Å²) in [7, 11) is 3.29. The van der Waals surface area contributed by atoms with E-state index in [0.717, 1.165) is 22.6 Å². The molecule has 0 aliphatic carbocycles. The maximum absolute atomic E-state index is 5.73. The molecule has 0 saturated carbocycles. The van der Waals surface area contributed by atoms with Crippen molar-refractivity contribution >= 4 is 11.8 Å². The predicted octanol–water partition coefficient (Wildman–Crippen LogP) is 4.35. The van der Waals surface area contributed by atoms with Crippen molar-refractivity contribution in [2.24, 2.45) is 0 Å².